The third kappa shape index (κ3) is 13.7. The van der Waals surface area contributed by atoms with Gasteiger partial charge in [0.25, 0.3) is 0 Å². The number of fused-ring (bicyclic) bond motifs is 16. The first-order chi connectivity index (χ1) is 57.1. The molecule has 2 fully saturated rings. The minimum Gasteiger partial charge on any atom is -0.438 e. The van der Waals surface area contributed by atoms with Crippen LogP contribution in [0.2, 0.25) is 0 Å². The number of aromatic nitrogens is 8. The molecule has 12 heteroatoms. The van der Waals surface area contributed by atoms with E-state index in [9.17, 15) is 0 Å². The Balaban J connectivity index is 0.000000105. The Kier molecular flexibility index (Phi) is 17.4. The number of aryl methyl sites for hydroxylation is 9. The van der Waals surface area contributed by atoms with E-state index in [4.69, 9.17) is 43.1 Å². The standard InChI is InChI=1S/C29H29N2O.C28H27N2O.C23H19N2O.C22H17N2O/c1-19-14-24-25-17-22-10-6-7-11-26(22)30-29(25)32-28(24)18-23(19)27-16-21(12-13-31(27)2)15-20-8-4-3-5-9-20;1-18-13-23-24-16-21-9-5-6-10-25(21)29-28(24)31-27(23)17-22(18)26-15-20(11-12-30(26)2)14-19-7-3-4-8-19;1-14-8-9-25(3)21(10-14)17-13-18-19-12-16-6-4-5-7-20(16)24-23(19)26-22(18)11-15(17)2;1-14-11-21-17(13-16(14)20-9-5-6-10-24(20)2)18-12-15-7-3-4-8-19(15)23-22(18)25-21/h6-7,10-14,16-18,20H,3-5,8-9,15H2,1-2H3;5-6,9-13,15-17,19H,3-4,7-8,14H2,1-2H3;4-13H,1-3H3;3-13H,1-2H3/q4*+1/i15D2;14D2;;. The van der Waals surface area contributed by atoms with E-state index in [-0.39, 0.29) is 11.8 Å². The van der Waals surface area contributed by atoms with Crippen LogP contribution in [0.1, 0.15) is 102 Å². The number of para-hydroxylation sites is 4. The lowest BCUT2D eigenvalue weighted by Gasteiger charge is -2.21. The van der Waals surface area contributed by atoms with Crippen LogP contribution >= 0.6 is 0 Å². The highest BCUT2D eigenvalue weighted by molar-refractivity contribution is 6.12. The molecule has 0 N–H and O–H groups in total. The Hall–Kier alpha value is -12.8. The normalized spacial score (nSPS) is 14.3. The fourth-order valence-corrected chi connectivity index (χ4v) is 17.3. The van der Waals surface area contributed by atoms with Crippen molar-refractivity contribution in [2.24, 2.45) is 40.0 Å². The number of pyridine rings is 8. The molecule has 0 saturated heterocycles. The molecule has 2 aliphatic carbocycles. The summed E-state index contributed by atoms with van der Waals surface area (Å²) < 4.78 is 68.6. The molecule has 0 radical (unpaired) electrons. The third-order valence-corrected chi connectivity index (χ3v) is 23.5. The van der Waals surface area contributed by atoms with Crippen molar-refractivity contribution in [1.82, 2.24) is 19.9 Å². The quantitative estimate of drug-likeness (QED) is 0.138. The number of furan rings is 4. The summed E-state index contributed by atoms with van der Waals surface area (Å²) in [5, 5.41) is 13.0. The molecule has 22 rings (SSSR count). The molecule has 114 heavy (non-hydrogen) atoms. The van der Waals surface area contributed by atoms with Gasteiger partial charge in [-0.25, -0.2) is 38.2 Å². The first kappa shape index (κ1) is 66.9. The molecule has 560 valence electrons. The molecular weight excluding hydrogens is 1400 g/mol. The van der Waals surface area contributed by atoms with Gasteiger partial charge in [0.15, 0.2) is 24.8 Å². The molecule has 8 aromatic carbocycles. The molecule has 12 aromatic heterocycles. The van der Waals surface area contributed by atoms with Crippen LogP contribution in [0.25, 0.3) is 177 Å². The van der Waals surface area contributed by atoms with E-state index in [0.29, 0.717) is 22.9 Å². The number of hydrogen-bond acceptors (Lipinski definition) is 8. The van der Waals surface area contributed by atoms with E-state index >= 15 is 0 Å². The van der Waals surface area contributed by atoms with E-state index in [1.807, 2.05) is 130 Å². The van der Waals surface area contributed by atoms with Crippen LogP contribution in [0.15, 0.2) is 267 Å². The number of rotatable bonds is 8. The van der Waals surface area contributed by atoms with Gasteiger partial charge >= 0.3 is 0 Å². The summed E-state index contributed by atoms with van der Waals surface area (Å²) in [6, 6.07) is 76.9. The second-order valence-corrected chi connectivity index (χ2v) is 31.5. The molecule has 0 aliphatic heterocycles. The Bertz CT molecular complexity index is 7410. The van der Waals surface area contributed by atoms with E-state index in [2.05, 4.69) is 201 Å². The maximum absolute atomic E-state index is 8.95. The van der Waals surface area contributed by atoms with Crippen LogP contribution in [0.4, 0.5) is 0 Å². The minimum atomic E-state index is -1.33. The first-order valence-electron chi connectivity index (χ1n) is 42.0. The summed E-state index contributed by atoms with van der Waals surface area (Å²) >= 11 is 0. The molecule has 0 amide bonds. The summed E-state index contributed by atoms with van der Waals surface area (Å²) in [6.45, 7) is 10.6. The molecule has 20 aromatic rings. The highest BCUT2D eigenvalue weighted by Gasteiger charge is 2.26. The summed E-state index contributed by atoms with van der Waals surface area (Å²) in [5.41, 5.74) is 26.2. The van der Waals surface area contributed by atoms with Gasteiger partial charge in [0.2, 0.25) is 45.6 Å². The van der Waals surface area contributed by atoms with Crippen molar-refractivity contribution >= 4 is 132 Å². The van der Waals surface area contributed by atoms with Crippen LogP contribution in [-0.4, -0.2) is 19.9 Å². The lowest BCUT2D eigenvalue weighted by molar-refractivity contribution is -0.660. The van der Waals surface area contributed by atoms with Crippen LogP contribution in [0, 0.1) is 46.5 Å². The number of hydrogen-bond donors (Lipinski definition) is 0. The molecule has 2 aliphatic rings. The zero-order chi connectivity index (χ0) is 81.0. The van der Waals surface area contributed by atoms with Crippen molar-refractivity contribution in [2.75, 3.05) is 0 Å². The third-order valence-electron chi connectivity index (χ3n) is 23.5. The second kappa shape index (κ2) is 29.7. The summed E-state index contributed by atoms with van der Waals surface area (Å²) in [7, 11) is 8.19. The summed E-state index contributed by atoms with van der Waals surface area (Å²) in [5.74, 6) is 0.179. The van der Waals surface area contributed by atoms with Gasteiger partial charge < -0.3 is 17.7 Å². The summed E-state index contributed by atoms with van der Waals surface area (Å²) in [6.07, 6.45) is 15.1. The lowest BCUT2D eigenvalue weighted by Crippen LogP contribution is -2.31. The van der Waals surface area contributed by atoms with Crippen molar-refractivity contribution in [1.29, 1.82) is 0 Å². The molecular formula is C102H92N8O4+4. The molecule has 12 heterocycles. The average Bonchev–Trinajstić information content (AvgIpc) is 1.60. The zero-order valence-electron chi connectivity index (χ0n) is 69.9. The SMILES string of the molecule is Cc1cc2oc3nc4ccccc4cc3c2cc1-c1cccc[n+]1C.Cc1cc[n+](C)c(-c2cc3c(cc2C)oc2nc4ccccc4cc23)c1.[2H]C([2H])(c1cc[n+](C)c(-c2cc3oc4nc5ccccc5cc4c3cc2C)c1)C1CCCC1.[2H]C([2H])(c1cc[n+](C)c(-c2cc3oc4nc5ccccc5cc4c3cc2C)c1)C1CCCCC1. The number of nitrogens with zero attached hydrogens (tertiary/aromatic N) is 8. The van der Waals surface area contributed by atoms with E-state index in [1.165, 1.54) is 45.6 Å². The minimum absolute atomic E-state index is 0.0842. The monoisotopic (exact) mass is 1500 g/mol. The largest absolute Gasteiger partial charge is 0.438 e. The molecule has 12 nitrogen and oxygen atoms in total. The Morgan fingerprint density at radius 3 is 1.02 bits per heavy atom. The summed E-state index contributed by atoms with van der Waals surface area (Å²) in [4.78, 5) is 18.9. The predicted octanol–water partition coefficient (Wildman–Crippen LogP) is 23.9. The predicted molar refractivity (Wildman–Crippen MR) is 462 cm³/mol. The van der Waals surface area contributed by atoms with Crippen molar-refractivity contribution in [3.8, 4) is 45.0 Å². The van der Waals surface area contributed by atoms with Crippen LogP contribution < -0.4 is 18.3 Å². The first-order valence-corrected chi connectivity index (χ1v) is 40.0. The fourth-order valence-electron chi connectivity index (χ4n) is 17.3. The van der Waals surface area contributed by atoms with Gasteiger partial charge in [0, 0.05) is 130 Å². The Morgan fingerprint density at radius 2 is 0.614 bits per heavy atom. The van der Waals surface area contributed by atoms with Gasteiger partial charge in [-0.2, -0.15) is 0 Å². The number of benzene rings is 8. The Morgan fingerprint density at radius 1 is 0.298 bits per heavy atom. The van der Waals surface area contributed by atoms with Crippen LogP contribution in [0.5, 0.6) is 0 Å². The second-order valence-electron chi connectivity index (χ2n) is 31.5. The zero-order valence-corrected chi connectivity index (χ0v) is 65.9. The topological polar surface area (TPSA) is 120 Å². The maximum Gasteiger partial charge on any atom is 0.227 e. The molecule has 0 spiro atoms. The molecule has 0 unspecified atom stereocenters. The van der Waals surface area contributed by atoms with Crippen molar-refractivity contribution < 1.29 is 41.4 Å². The van der Waals surface area contributed by atoms with Gasteiger partial charge in [-0.15, -0.1) is 0 Å². The smallest absolute Gasteiger partial charge is 0.227 e. The van der Waals surface area contributed by atoms with Crippen LogP contribution in [0.3, 0.4) is 0 Å². The van der Waals surface area contributed by atoms with Gasteiger partial charge in [0.05, 0.1) is 33.2 Å². The van der Waals surface area contributed by atoms with E-state index < -0.39 is 12.7 Å². The van der Waals surface area contributed by atoms with Crippen LogP contribution in [-0.2, 0) is 40.9 Å². The van der Waals surface area contributed by atoms with E-state index in [0.717, 1.165) is 205 Å². The highest BCUT2D eigenvalue weighted by Crippen LogP contribution is 2.41. The highest BCUT2D eigenvalue weighted by atomic mass is 16.4. The van der Waals surface area contributed by atoms with E-state index in [1.54, 1.807) is 0 Å². The fraction of sp³-hybridized carbons (Fsp3) is 0.216. The van der Waals surface area contributed by atoms with Crippen molar-refractivity contribution in [2.45, 2.75) is 105 Å². The van der Waals surface area contributed by atoms with Crippen molar-refractivity contribution in [3.05, 3.63) is 288 Å². The lowest BCUT2D eigenvalue weighted by atomic mass is 9.85. The molecule has 2 saturated carbocycles. The molecule has 0 atom stereocenters. The average molecular weight is 1500 g/mol. The van der Waals surface area contributed by atoms with Gasteiger partial charge in [-0.3, -0.25) is 0 Å². The Labute approximate surface area is 667 Å². The van der Waals surface area contributed by atoms with Gasteiger partial charge in [-0.1, -0.05) is 131 Å². The van der Waals surface area contributed by atoms with Crippen molar-refractivity contribution in [3.63, 3.8) is 0 Å². The van der Waals surface area contributed by atoms with Gasteiger partial charge in [-0.05, 0) is 201 Å². The maximum atomic E-state index is 8.95. The molecule has 0 bridgehead atoms. The van der Waals surface area contributed by atoms with Gasteiger partial charge in [0.1, 0.15) is 50.5 Å².